The Bertz CT molecular complexity index is 807. The van der Waals surface area contributed by atoms with Crippen LogP contribution < -0.4 is 0 Å². The van der Waals surface area contributed by atoms with E-state index in [0.717, 1.165) is 22.5 Å². The summed E-state index contributed by atoms with van der Waals surface area (Å²) in [7, 11) is 0. The van der Waals surface area contributed by atoms with Crippen LogP contribution in [0.3, 0.4) is 0 Å². The lowest BCUT2D eigenvalue weighted by molar-refractivity contribution is 0.0749. The molecule has 0 aliphatic rings. The van der Waals surface area contributed by atoms with Crippen LogP contribution in [-0.4, -0.2) is 26.7 Å². The number of benzene rings is 1. The summed E-state index contributed by atoms with van der Waals surface area (Å²) < 4.78 is 2.02. The first-order valence-electron chi connectivity index (χ1n) is 7.46. The Hall–Kier alpha value is -2.62. The minimum atomic E-state index is 0.0616. The Kier molecular flexibility index (Phi) is 3.92. The van der Waals surface area contributed by atoms with Gasteiger partial charge in [-0.25, -0.2) is 4.98 Å². The van der Waals surface area contributed by atoms with Crippen LogP contribution in [0.25, 0.3) is 5.65 Å². The van der Waals surface area contributed by atoms with Crippen molar-refractivity contribution in [3.8, 4) is 0 Å². The van der Waals surface area contributed by atoms with Gasteiger partial charge < -0.3 is 9.30 Å². The first kappa shape index (κ1) is 14.3. The van der Waals surface area contributed by atoms with Gasteiger partial charge in [0.25, 0.3) is 5.91 Å². The van der Waals surface area contributed by atoms with Gasteiger partial charge in [-0.1, -0.05) is 24.3 Å². The van der Waals surface area contributed by atoms with E-state index in [4.69, 9.17) is 0 Å². The molecule has 4 nitrogen and oxygen atoms in total. The maximum absolute atomic E-state index is 12.8. The fourth-order valence-electron chi connectivity index (χ4n) is 2.61. The number of pyridine rings is 1. The molecule has 0 fully saturated rings. The van der Waals surface area contributed by atoms with E-state index in [1.165, 1.54) is 0 Å². The fraction of sp³-hybridized carbons (Fsp3) is 0.222. The van der Waals surface area contributed by atoms with Gasteiger partial charge in [-0.3, -0.25) is 4.79 Å². The second kappa shape index (κ2) is 6.02. The Labute approximate surface area is 130 Å². The molecule has 0 saturated carbocycles. The van der Waals surface area contributed by atoms with Crippen LogP contribution in [0.5, 0.6) is 0 Å². The molecule has 0 saturated heterocycles. The zero-order chi connectivity index (χ0) is 15.5. The maximum atomic E-state index is 12.8. The predicted octanol–water partition coefficient (Wildman–Crippen LogP) is 3.31. The Morgan fingerprint density at radius 3 is 2.73 bits per heavy atom. The molecule has 22 heavy (non-hydrogen) atoms. The summed E-state index contributed by atoms with van der Waals surface area (Å²) in [5, 5.41) is 0. The summed E-state index contributed by atoms with van der Waals surface area (Å²) >= 11 is 0. The first-order chi connectivity index (χ1) is 10.7. The van der Waals surface area contributed by atoms with Crippen molar-refractivity contribution in [1.29, 1.82) is 0 Å². The molecule has 4 heteroatoms. The Balaban J connectivity index is 1.89. The molecule has 3 aromatic rings. The van der Waals surface area contributed by atoms with E-state index in [-0.39, 0.29) is 5.91 Å². The molecule has 0 N–H and O–H groups in total. The number of carbonyl (C=O) groups is 1. The van der Waals surface area contributed by atoms with Crippen LogP contribution in [0, 0.1) is 6.92 Å². The van der Waals surface area contributed by atoms with E-state index in [0.29, 0.717) is 13.1 Å². The SMILES string of the molecule is CCN(Cc1cnc2ccccn12)C(=O)c1ccccc1C. The molecule has 1 amide bonds. The molecule has 0 spiro atoms. The standard InChI is InChI=1S/C18H19N3O/c1-3-20(18(22)16-9-5-4-8-14(16)2)13-15-12-19-17-10-6-7-11-21(15)17/h4-12H,3,13H2,1-2H3. The molecule has 0 unspecified atom stereocenters. The number of hydrogen-bond acceptors (Lipinski definition) is 2. The highest BCUT2D eigenvalue weighted by molar-refractivity contribution is 5.95. The quantitative estimate of drug-likeness (QED) is 0.740. The summed E-state index contributed by atoms with van der Waals surface area (Å²) in [6.07, 6.45) is 3.81. The van der Waals surface area contributed by atoms with Crippen molar-refractivity contribution in [3.05, 3.63) is 71.7 Å². The smallest absolute Gasteiger partial charge is 0.254 e. The van der Waals surface area contributed by atoms with Gasteiger partial charge in [0, 0.05) is 18.3 Å². The minimum absolute atomic E-state index is 0.0616. The lowest BCUT2D eigenvalue weighted by Gasteiger charge is -2.21. The molecule has 1 aromatic carbocycles. The number of carbonyl (C=O) groups excluding carboxylic acids is 1. The van der Waals surface area contributed by atoms with Crippen LogP contribution in [0.2, 0.25) is 0 Å². The van der Waals surface area contributed by atoms with Crippen LogP contribution >= 0.6 is 0 Å². The number of fused-ring (bicyclic) bond motifs is 1. The van der Waals surface area contributed by atoms with E-state index in [9.17, 15) is 4.79 Å². The molecular formula is C18H19N3O. The summed E-state index contributed by atoms with van der Waals surface area (Å²) in [5.74, 6) is 0.0616. The minimum Gasteiger partial charge on any atom is -0.333 e. The number of hydrogen-bond donors (Lipinski definition) is 0. The lowest BCUT2D eigenvalue weighted by atomic mass is 10.1. The van der Waals surface area contributed by atoms with Crippen molar-refractivity contribution in [3.63, 3.8) is 0 Å². The van der Waals surface area contributed by atoms with Crippen molar-refractivity contribution in [1.82, 2.24) is 14.3 Å². The molecule has 0 aliphatic heterocycles. The van der Waals surface area contributed by atoms with Crippen LogP contribution in [0.15, 0.2) is 54.9 Å². The van der Waals surface area contributed by atoms with E-state index in [1.54, 1.807) is 0 Å². The van der Waals surface area contributed by atoms with Gasteiger partial charge in [-0.15, -0.1) is 0 Å². The number of aryl methyl sites for hydroxylation is 1. The third-order valence-electron chi connectivity index (χ3n) is 3.89. The Morgan fingerprint density at radius 1 is 1.18 bits per heavy atom. The van der Waals surface area contributed by atoms with Crippen LogP contribution in [0.1, 0.15) is 28.5 Å². The molecule has 0 radical (unpaired) electrons. The number of nitrogens with zero attached hydrogens (tertiary/aromatic N) is 3. The van der Waals surface area contributed by atoms with E-state index in [1.807, 2.05) is 78.0 Å². The topological polar surface area (TPSA) is 37.6 Å². The summed E-state index contributed by atoms with van der Waals surface area (Å²) in [6, 6.07) is 13.6. The highest BCUT2D eigenvalue weighted by Crippen LogP contribution is 2.14. The van der Waals surface area contributed by atoms with Crippen LogP contribution in [0.4, 0.5) is 0 Å². The summed E-state index contributed by atoms with van der Waals surface area (Å²) in [5.41, 5.74) is 3.68. The van der Waals surface area contributed by atoms with Crippen molar-refractivity contribution >= 4 is 11.6 Å². The first-order valence-corrected chi connectivity index (χ1v) is 7.46. The summed E-state index contributed by atoms with van der Waals surface area (Å²) in [6.45, 7) is 5.18. The van der Waals surface area contributed by atoms with Crippen molar-refractivity contribution in [2.45, 2.75) is 20.4 Å². The van der Waals surface area contributed by atoms with Gasteiger partial charge in [-0.05, 0) is 37.6 Å². The molecule has 0 atom stereocenters. The molecule has 3 rings (SSSR count). The molecular weight excluding hydrogens is 274 g/mol. The predicted molar refractivity (Wildman–Crippen MR) is 86.8 cm³/mol. The van der Waals surface area contributed by atoms with Crippen molar-refractivity contribution in [2.75, 3.05) is 6.54 Å². The van der Waals surface area contributed by atoms with Gasteiger partial charge in [0.1, 0.15) is 5.65 Å². The Morgan fingerprint density at radius 2 is 1.95 bits per heavy atom. The van der Waals surface area contributed by atoms with Gasteiger partial charge in [-0.2, -0.15) is 0 Å². The van der Waals surface area contributed by atoms with Gasteiger partial charge in [0.15, 0.2) is 0 Å². The van der Waals surface area contributed by atoms with Crippen molar-refractivity contribution in [2.24, 2.45) is 0 Å². The van der Waals surface area contributed by atoms with Gasteiger partial charge in [0.05, 0.1) is 18.4 Å². The molecule has 2 aromatic heterocycles. The monoisotopic (exact) mass is 293 g/mol. The largest absolute Gasteiger partial charge is 0.333 e. The zero-order valence-corrected chi connectivity index (χ0v) is 12.9. The second-order valence-corrected chi connectivity index (χ2v) is 5.31. The average molecular weight is 293 g/mol. The van der Waals surface area contributed by atoms with Crippen LogP contribution in [-0.2, 0) is 6.54 Å². The highest BCUT2D eigenvalue weighted by atomic mass is 16.2. The van der Waals surface area contributed by atoms with Crippen molar-refractivity contribution < 1.29 is 4.79 Å². The molecule has 0 aliphatic carbocycles. The normalized spacial score (nSPS) is 10.8. The lowest BCUT2D eigenvalue weighted by Crippen LogP contribution is -2.31. The number of aromatic nitrogens is 2. The molecule has 112 valence electrons. The number of amides is 1. The van der Waals surface area contributed by atoms with E-state index < -0.39 is 0 Å². The summed E-state index contributed by atoms with van der Waals surface area (Å²) in [4.78, 5) is 19.0. The number of imidazole rings is 1. The highest BCUT2D eigenvalue weighted by Gasteiger charge is 2.17. The van der Waals surface area contributed by atoms with E-state index in [2.05, 4.69) is 4.98 Å². The molecule has 0 bridgehead atoms. The van der Waals surface area contributed by atoms with Gasteiger partial charge >= 0.3 is 0 Å². The number of rotatable bonds is 4. The van der Waals surface area contributed by atoms with E-state index >= 15 is 0 Å². The third-order valence-corrected chi connectivity index (χ3v) is 3.89. The zero-order valence-electron chi connectivity index (χ0n) is 12.9. The third kappa shape index (κ3) is 2.60. The second-order valence-electron chi connectivity index (χ2n) is 5.31. The maximum Gasteiger partial charge on any atom is 0.254 e. The fourth-order valence-corrected chi connectivity index (χ4v) is 2.61. The average Bonchev–Trinajstić information content (AvgIpc) is 2.95. The van der Waals surface area contributed by atoms with Gasteiger partial charge in [0.2, 0.25) is 0 Å². The molecule has 2 heterocycles.